The van der Waals surface area contributed by atoms with Crippen molar-refractivity contribution in [1.29, 1.82) is 0 Å². The molecule has 0 rings (SSSR count). The van der Waals surface area contributed by atoms with Gasteiger partial charge in [-0.3, -0.25) is 9.59 Å². The van der Waals surface area contributed by atoms with E-state index in [2.05, 4.69) is 19.2 Å². The molecule has 0 bridgehead atoms. The molecule has 0 spiro atoms. The van der Waals surface area contributed by atoms with Crippen molar-refractivity contribution in [1.82, 2.24) is 5.32 Å². The molecule has 0 aliphatic rings. The molecule has 0 aliphatic heterocycles. The van der Waals surface area contributed by atoms with E-state index in [0.717, 1.165) is 38.6 Å². The summed E-state index contributed by atoms with van der Waals surface area (Å²) in [5.41, 5.74) is 0. The number of esters is 2. The van der Waals surface area contributed by atoms with Crippen LogP contribution in [-0.4, -0.2) is 38.7 Å². The molecule has 1 N–H and O–H groups in total. The van der Waals surface area contributed by atoms with Gasteiger partial charge in [0.05, 0.1) is 13.2 Å². The molecule has 27 heavy (non-hydrogen) atoms. The quantitative estimate of drug-likeness (QED) is 0.250. The van der Waals surface area contributed by atoms with Crippen LogP contribution in [0.5, 0.6) is 0 Å². The summed E-state index contributed by atoms with van der Waals surface area (Å²) in [6, 6.07) is 0. The SMILES string of the molecule is CCCCCCCC(=O)OCC(CCNC)COC(=O)CCCCCCC. The number of ether oxygens (including phenoxy) is 2. The van der Waals surface area contributed by atoms with Crippen molar-refractivity contribution in [2.75, 3.05) is 26.8 Å². The lowest BCUT2D eigenvalue weighted by molar-refractivity contribution is -0.149. The fraction of sp³-hybridized carbons (Fsp3) is 0.909. The Labute approximate surface area is 167 Å². The van der Waals surface area contributed by atoms with Crippen LogP contribution in [-0.2, 0) is 19.1 Å². The van der Waals surface area contributed by atoms with Gasteiger partial charge in [0.2, 0.25) is 0 Å². The summed E-state index contributed by atoms with van der Waals surface area (Å²) in [4.78, 5) is 23.7. The summed E-state index contributed by atoms with van der Waals surface area (Å²) >= 11 is 0. The maximum Gasteiger partial charge on any atom is 0.305 e. The van der Waals surface area contributed by atoms with Crippen LogP contribution >= 0.6 is 0 Å². The fourth-order valence-electron chi connectivity index (χ4n) is 2.87. The van der Waals surface area contributed by atoms with E-state index in [0.29, 0.717) is 26.1 Å². The van der Waals surface area contributed by atoms with Crippen LogP contribution in [0.1, 0.15) is 97.3 Å². The third kappa shape index (κ3) is 18.0. The zero-order valence-corrected chi connectivity index (χ0v) is 18.0. The van der Waals surface area contributed by atoms with Crippen LogP contribution in [0.25, 0.3) is 0 Å². The van der Waals surface area contributed by atoms with E-state index in [9.17, 15) is 9.59 Å². The average Bonchev–Trinajstić information content (AvgIpc) is 2.67. The van der Waals surface area contributed by atoms with Crippen molar-refractivity contribution in [3.05, 3.63) is 0 Å². The first kappa shape index (κ1) is 25.9. The third-order valence-corrected chi connectivity index (χ3v) is 4.73. The summed E-state index contributed by atoms with van der Waals surface area (Å²) < 4.78 is 10.8. The Bertz CT molecular complexity index is 330. The van der Waals surface area contributed by atoms with Crippen LogP contribution in [0.4, 0.5) is 0 Å². The molecule has 0 aliphatic carbocycles. The highest BCUT2D eigenvalue weighted by Crippen LogP contribution is 2.10. The van der Waals surface area contributed by atoms with E-state index >= 15 is 0 Å². The second kappa shape index (κ2) is 19.7. The summed E-state index contributed by atoms with van der Waals surface area (Å²) in [5, 5.41) is 3.10. The topological polar surface area (TPSA) is 64.6 Å². The van der Waals surface area contributed by atoms with Crippen molar-refractivity contribution in [2.24, 2.45) is 5.92 Å². The van der Waals surface area contributed by atoms with Gasteiger partial charge in [0.15, 0.2) is 0 Å². The first-order chi connectivity index (χ1) is 13.1. The molecule has 0 aromatic heterocycles. The van der Waals surface area contributed by atoms with Gasteiger partial charge in [0.25, 0.3) is 0 Å². The van der Waals surface area contributed by atoms with E-state index in [1.807, 2.05) is 7.05 Å². The molecule has 5 heteroatoms. The van der Waals surface area contributed by atoms with Gasteiger partial charge in [-0.2, -0.15) is 0 Å². The number of hydrogen-bond donors (Lipinski definition) is 1. The first-order valence-corrected chi connectivity index (χ1v) is 11.1. The minimum absolute atomic E-state index is 0.0607. The number of nitrogens with one attached hydrogen (secondary N) is 1. The first-order valence-electron chi connectivity index (χ1n) is 11.1. The zero-order valence-electron chi connectivity index (χ0n) is 18.0. The van der Waals surface area contributed by atoms with Gasteiger partial charge < -0.3 is 14.8 Å². The molecular formula is C22H43NO4. The van der Waals surface area contributed by atoms with Gasteiger partial charge >= 0.3 is 11.9 Å². The Balaban J connectivity index is 3.94. The van der Waals surface area contributed by atoms with Crippen LogP contribution in [0, 0.1) is 5.92 Å². The number of carbonyl (C=O) groups is 2. The highest BCUT2D eigenvalue weighted by atomic mass is 16.5. The van der Waals surface area contributed by atoms with Crippen LogP contribution < -0.4 is 5.32 Å². The summed E-state index contributed by atoms with van der Waals surface area (Å²) in [6.07, 6.45) is 13.0. The van der Waals surface area contributed by atoms with Gasteiger partial charge in [-0.15, -0.1) is 0 Å². The third-order valence-electron chi connectivity index (χ3n) is 4.73. The Hall–Kier alpha value is -1.10. The standard InChI is InChI=1S/C22H43NO4/c1-4-6-8-10-12-14-21(24)26-18-20(16-17-23-3)19-27-22(25)15-13-11-9-7-5-2/h20,23H,4-19H2,1-3H3. The maximum atomic E-state index is 11.9. The maximum absolute atomic E-state index is 11.9. The number of hydrogen-bond acceptors (Lipinski definition) is 5. The van der Waals surface area contributed by atoms with Gasteiger partial charge in [0.1, 0.15) is 0 Å². The average molecular weight is 386 g/mol. The predicted molar refractivity (Wildman–Crippen MR) is 111 cm³/mol. The van der Waals surface area contributed by atoms with E-state index in [4.69, 9.17) is 9.47 Å². The molecule has 0 radical (unpaired) electrons. The molecule has 0 saturated carbocycles. The Morgan fingerprint density at radius 1 is 0.741 bits per heavy atom. The second-order valence-corrected chi connectivity index (χ2v) is 7.45. The number of carbonyl (C=O) groups excluding carboxylic acids is 2. The highest BCUT2D eigenvalue weighted by molar-refractivity contribution is 5.69. The van der Waals surface area contributed by atoms with E-state index in [-0.39, 0.29) is 17.9 Å². The largest absolute Gasteiger partial charge is 0.465 e. The van der Waals surface area contributed by atoms with Gasteiger partial charge in [-0.25, -0.2) is 0 Å². The normalized spacial score (nSPS) is 11.0. The minimum Gasteiger partial charge on any atom is -0.465 e. The lowest BCUT2D eigenvalue weighted by Crippen LogP contribution is -2.24. The minimum atomic E-state index is -0.136. The van der Waals surface area contributed by atoms with Crippen LogP contribution in [0.3, 0.4) is 0 Å². The second-order valence-electron chi connectivity index (χ2n) is 7.45. The molecule has 0 amide bonds. The predicted octanol–water partition coefficient (Wildman–Crippen LogP) is 5.02. The molecule has 0 fully saturated rings. The number of rotatable bonds is 19. The van der Waals surface area contributed by atoms with Gasteiger partial charge in [-0.1, -0.05) is 65.2 Å². The lowest BCUT2D eigenvalue weighted by atomic mass is 10.1. The van der Waals surface area contributed by atoms with E-state index < -0.39 is 0 Å². The summed E-state index contributed by atoms with van der Waals surface area (Å²) in [5.74, 6) is -0.211. The summed E-state index contributed by atoms with van der Waals surface area (Å²) in [7, 11) is 1.89. The van der Waals surface area contributed by atoms with Crippen molar-refractivity contribution < 1.29 is 19.1 Å². The van der Waals surface area contributed by atoms with Crippen molar-refractivity contribution in [3.63, 3.8) is 0 Å². The Kier molecular flexibility index (Phi) is 18.9. The fourth-order valence-corrected chi connectivity index (χ4v) is 2.87. The van der Waals surface area contributed by atoms with E-state index in [1.165, 1.54) is 38.5 Å². The monoisotopic (exact) mass is 385 g/mol. The van der Waals surface area contributed by atoms with E-state index in [1.54, 1.807) is 0 Å². The van der Waals surface area contributed by atoms with Crippen molar-refractivity contribution >= 4 is 11.9 Å². The smallest absolute Gasteiger partial charge is 0.305 e. The molecule has 0 saturated heterocycles. The lowest BCUT2D eigenvalue weighted by Gasteiger charge is -2.17. The molecule has 0 aromatic carbocycles. The molecule has 160 valence electrons. The molecule has 0 atom stereocenters. The van der Waals surface area contributed by atoms with Crippen LogP contribution in [0.15, 0.2) is 0 Å². The van der Waals surface area contributed by atoms with Gasteiger partial charge in [0, 0.05) is 18.8 Å². The van der Waals surface area contributed by atoms with Crippen LogP contribution in [0.2, 0.25) is 0 Å². The Morgan fingerprint density at radius 2 is 1.19 bits per heavy atom. The molecule has 0 aromatic rings. The zero-order chi connectivity index (χ0) is 20.2. The van der Waals surface area contributed by atoms with Crippen molar-refractivity contribution in [2.45, 2.75) is 97.3 Å². The van der Waals surface area contributed by atoms with Crippen molar-refractivity contribution in [3.8, 4) is 0 Å². The molecule has 0 heterocycles. The molecule has 5 nitrogen and oxygen atoms in total. The Morgan fingerprint density at radius 3 is 1.59 bits per heavy atom. The molecular weight excluding hydrogens is 342 g/mol. The summed E-state index contributed by atoms with van der Waals surface area (Å²) in [6.45, 7) is 5.84. The highest BCUT2D eigenvalue weighted by Gasteiger charge is 2.14. The van der Waals surface area contributed by atoms with Gasteiger partial charge in [-0.05, 0) is 32.9 Å². The molecule has 0 unspecified atom stereocenters. The number of unbranched alkanes of at least 4 members (excludes halogenated alkanes) is 8.